The summed E-state index contributed by atoms with van der Waals surface area (Å²) in [7, 11) is 0. The van der Waals surface area contributed by atoms with E-state index in [4.69, 9.17) is 0 Å². The maximum absolute atomic E-state index is 14.3. The lowest BCUT2D eigenvalue weighted by molar-refractivity contribution is 0.325. The quantitative estimate of drug-likeness (QED) is 0.633. The van der Waals surface area contributed by atoms with Crippen LogP contribution in [0.1, 0.15) is 43.7 Å². The smallest absolute Gasteiger partial charge is 0.187 e. The van der Waals surface area contributed by atoms with E-state index in [-0.39, 0.29) is 11.4 Å². The number of hydrogen-bond acceptors (Lipinski definition) is 4. The Morgan fingerprint density at radius 3 is 2.52 bits per heavy atom. The Hall–Kier alpha value is -1.46. The van der Waals surface area contributed by atoms with E-state index in [9.17, 15) is 4.39 Å². The molecule has 0 saturated heterocycles. The van der Waals surface area contributed by atoms with Gasteiger partial charge < -0.3 is 5.32 Å². The first-order valence-electron chi connectivity index (χ1n) is 8.17. The molecular formula is C18H22FN3S. The van der Waals surface area contributed by atoms with Crippen molar-refractivity contribution in [1.29, 1.82) is 0 Å². The third-order valence-corrected chi connectivity index (χ3v) is 5.19. The molecular weight excluding hydrogens is 309 g/mol. The highest BCUT2D eigenvalue weighted by atomic mass is 32.2. The van der Waals surface area contributed by atoms with Crippen molar-refractivity contribution in [3.8, 4) is 0 Å². The molecule has 1 heterocycles. The molecule has 3 nitrogen and oxygen atoms in total. The molecule has 5 heteroatoms. The summed E-state index contributed by atoms with van der Waals surface area (Å²) >= 11 is 1.63. The number of halogens is 1. The number of hydrogen-bond donors (Lipinski definition) is 1. The summed E-state index contributed by atoms with van der Waals surface area (Å²) in [5.41, 5.74) is 1.56. The monoisotopic (exact) mass is 331 g/mol. The summed E-state index contributed by atoms with van der Waals surface area (Å²) in [6.45, 7) is 2.74. The first-order chi connectivity index (χ1) is 11.2. The fraction of sp³-hybridized carbons (Fsp3) is 0.444. The van der Waals surface area contributed by atoms with Gasteiger partial charge in [-0.15, -0.1) is 0 Å². The van der Waals surface area contributed by atoms with Crippen LogP contribution in [0.4, 0.5) is 4.39 Å². The van der Waals surface area contributed by atoms with Crippen LogP contribution in [0.15, 0.2) is 41.8 Å². The second-order valence-corrected chi connectivity index (χ2v) is 7.16. The van der Waals surface area contributed by atoms with Crippen molar-refractivity contribution in [2.45, 2.75) is 49.8 Å². The zero-order valence-corrected chi connectivity index (χ0v) is 14.2. The van der Waals surface area contributed by atoms with E-state index in [1.54, 1.807) is 23.9 Å². The molecule has 1 saturated carbocycles. The average molecular weight is 331 g/mol. The zero-order valence-electron chi connectivity index (χ0n) is 13.4. The Morgan fingerprint density at radius 1 is 1.17 bits per heavy atom. The molecule has 2 aromatic rings. The van der Waals surface area contributed by atoms with E-state index in [1.165, 1.54) is 0 Å². The standard InChI is InChI=1S/C18H22FN3S/c1-2-23-17-20-11-14(12-21-17)13-22-18(9-5-6-10-18)15-7-3-4-8-16(15)19/h3-4,7-8,11-12,22H,2,5-6,9-10,13H2,1H3. The van der Waals surface area contributed by atoms with Gasteiger partial charge in [-0.05, 0) is 24.7 Å². The van der Waals surface area contributed by atoms with E-state index in [0.29, 0.717) is 6.54 Å². The minimum atomic E-state index is -0.262. The Labute approximate surface area is 141 Å². The third-order valence-electron chi connectivity index (χ3n) is 4.43. The van der Waals surface area contributed by atoms with Crippen molar-refractivity contribution >= 4 is 11.8 Å². The molecule has 23 heavy (non-hydrogen) atoms. The molecule has 0 spiro atoms. The van der Waals surface area contributed by atoms with Gasteiger partial charge in [0.25, 0.3) is 0 Å². The van der Waals surface area contributed by atoms with Crippen molar-refractivity contribution in [2.75, 3.05) is 5.75 Å². The van der Waals surface area contributed by atoms with Gasteiger partial charge in [0.1, 0.15) is 5.82 Å². The molecule has 1 aromatic heterocycles. The number of benzene rings is 1. The molecule has 0 atom stereocenters. The summed E-state index contributed by atoms with van der Waals surface area (Å²) in [5.74, 6) is 0.849. The first kappa shape index (κ1) is 16.4. The predicted molar refractivity (Wildman–Crippen MR) is 91.8 cm³/mol. The largest absolute Gasteiger partial charge is 0.303 e. The highest BCUT2D eigenvalue weighted by Gasteiger charge is 2.36. The minimum Gasteiger partial charge on any atom is -0.303 e. The summed E-state index contributed by atoms with van der Waals surface area (Å²) in [6, 6.07) is 7.13. The van der Waals surface area contributed by atoms with Gasteiger partial charge in [0.15, 0.2) is 5.16 Å². The molecule has 122 valence electrons. The number of nitrogens with zero attached hydrogens (tertiary/aromatic N) is 2. The molecule has 1 N–H and O–H groups in total. The van der Waals surface area contributed by atoms with Gasteiger partial charge in [-0.2, -0.15) is 0 Å². The molecule has 1 fully saturated rings. The molecule has 0 amide bonds. The molecule has 0 aliphatic heterocycles. The molecule has 0 unspecified atom stereocenters. The van der Waals surface area contributed by atoms with Crippen molar-refractivity contribution in [2.24, 2.45) is 0 Å². The Bertz CT molecular complexity index is 639. The van der Waals surface area contributed by atoms with Crippen LogP contribution in [0.25, 0.3) is 0 Å². The van der Waals surface area contributed by atoms with E-state index in [2.05, 4.69) is 22.2 Å². The van der Waals surface area contributed by atoms with Crippen LogP contribution in [0, 0.1) is 5.82 Å². The maximum atomic E-state index is 14.3. The molecule has 1 aliphatic carbocycles. The molecule has 0 radical (unpaired) electrons. The van der Waals surface area contributed by atoms with Crippen molar-refractivity contribution in [1.82, 2.24) is 15.3 Å². The topological polar surface area (TPSA) is 37.8 Å². The molecule has 1 aromatic carbocycles. The van der Waals surface area contributed by atoms with Gasteiger partial charge in [-0.1, -0.05) is 49.7 Å². The second-order valence-electron chi connectivity index (χ2n) is 5.93. The molecule has 0 bridgehead atoms. The number of aromatic nitrogens is 2. The van der Waals surface area contributed by atoms with Crippen molar-refractivity contribution in [3.63, 3.8) is 0 Å². The lowest BCUT2D eigenvalue weighted by atomic mass is 9.87. The Balaban J connectivity index is 1.74. The lowest BCUT2D eigenvalue weighted by Gasteiger charge is -2.31. The SMILES string of the molecule is CCSc1ncc(CNC2(c3ccccc3F)CCCC2)cn1. The summed E-state index contributed by atoms with van der Waals surface area (Å²) in [5, 5.41) is 4.40. The summed E-state index contributed by atoms with van der Waals surface area (Å²) in [4.78, 5) is 8.73. The highest BCUT2D eigenvalue weighted by Crippen LogP contribution is 2.40. The van der Waals surface area contributed by atoms with Crippen LogP contribution in [-0.2, 0) is 12.1 Å². The normalized spacial score (nSPS) is 16.6. The van der Waals surface area contributed by atoms with E-state index in [1.807, 2.05) is 24.5 Å². The maximum Gasteiger partial charge on any atom is 0.187 e. The van der Waals surface area contributed by atoms with Crippen LogP contribution in [0.3, 0.4) is 0 Å². The second kappa shape index (κ2) is 7.41. The molecule has 1 aliphatic rings. The summed E-state index contributed by atoms with van der Waals surface area (Å²) < 4.78 is 14.3. The fourth-order valence-electron chi connectivity index (χ4n) is 3.28. The van der Waals surface area contributed by atoms with Gasteiger partial charge in [0.05, 0.1) is 0 Å². The van der Waals surface area contributed by atoms with Crippen LogP contribution in [0.5, 0.6) is 0 Å². The average Bonchev–Trinajstić information content (AvgIpc) is 3.05. The minimum absolute atomic E-state index is 0.118. The van der Waals surface area contributed by atoms with Crippen LogP contribution < -0.4 is 5.32 Å². The van der Waals surface area contributed by atoms with Gasteiger partial charge in [-0.25, -0.2) is 14.4 Å². The van der Waals surface area contributed by atoms with Gasteiger partial charge in [-0.3, -0.25) is 0 Å². The lowest BCUT2D eigenvalue weighted by Crippen LogP contribution is -2.40. The van der Waals surface area contributed by atoms with E-state index in [0.717, 1.165) is 47.7 Å². The van der Waals surface area contributed by atoms with Crippen LogP contribution >= 0.6 is 11.8 Å². The van der Waals surface area contributed by atoms with Crippen LogP contribution in [0.2, 0.25) is 0 Å². The fourth-order valence-corrected chi connectivity index (χ4v) is 3.79. The highest BCUT2D eigenvalue weighted by molar-refractivity contribution is 7.99. The first-order valence-corrected chi connectivity index (χ1v) is 9.16. The van der Waals surface area contributed by atoms with Crippen LogP contribution in [-0.4, -0.2) is 15.7 Å². The van der Waals surface area contributed by atoms with E-state index >= 15 is 0 Å². The number of nitrogens with one attached hydrogen (secondary N) is 1. The zero-order chi connectivity index (χ0) is 16.1. The molecule has 3 rings (SSSR count). The third kappa shape index (κ3) is 3.72. The van der Waals surface area contributed by atoms with E-state index < -0.39 is 0 Å². The predicted octanol–water partition coefficient (Wildman–Crippen LogP) is 4.29. The Kier molecular flexibility index (Phi) is 5.28. The number of thioether (sulfide) groups is 1. The summed E-state index contributed by atoms with van der Waals surface area (Å²) in [6.07, 6.45) is 7.93. The number of rotatable bonds is 6. The van der Waals surface area contributed by atoms with Gasteiger partial charge in [0.2, 0.25) is 0 Å². The van der Waals surface area contributed by atoms with Crippen molar-refractivity contribution < 1.29 is 4.39 Å². The van der Waals surface area contributed by atoms with Gasteiger partial charge >= 0.3 is 0 Å². The van der Waals surface area contributed by atoms with Crippen molar-refractivity contribution in [3.05, 3.63) is 53.6 Å². The Morgan fingerprint density at radius 2 is 1.87 bits per heavy atom. The van der Waals surface area contributed by atoms with Gasteiger partial charge in [0, 0.05) is 35.6 Å².